The molecule has 1 aromatic heterocycles. The van der Waals surface area contributed by atoms with Crippen molar-refractivity contribution in [3.63, 3.8) is 0 Å². The van der Waals surface area contributed by atoms with Gasteiger partial charge in [0.1, 0.15) is 21.9 Å². The lowest BCUT2D eigenvalue weighted by Gasteiger charge is -2.08. The van der Waals surface area contributed by atoms with E-state index in [4.69, 9.17) is 5.11 Å². The zero-order valence-corrected chi connectivity index (χ0v) is 13.1. The van der Waals surface area contributed by atoms with Gasteiger partial charge in [-0.25, -0.2) is 18.2 Å². The van der Waals surface area contributed by atoms with Crippen molar-refractivity contribution in [2.75, 3.05) is 0 Å². The fourth-order valence-electron chi connectivity index (χ4n) is 2.64. The highest BCUT2D eigenvalue weighted by atomic mass is 32.2. The van der Waals surface area contributed by atoms with Gasteiger partial charge in [0.2, 0.25) is 0 Å². The molecule has 126 valence electrons. The van der Waals surface area contributed by atoms with Crippen LogP contribution in [0.25, 0.3) is 0 Å². The fraction of sp³-hybridized carbons (Fsp3) is 0.267. The molecule has 1 aromatic carbocycles. The number of nitrogens with one attached hydrogen (secondary N) is 1. The summed E-state index contributed by atoms with van der Waals surface area (Å²) >= 11 is 0.929. The van der Waals surface area contributed by atoms with Gasteiger partial charge in [0.15, 0.2) is 11.6 Å². The van der Waals surface area contributed by atoms with Crippen molar-refractivity contribution in [3.8, 4) is 0 Å². The van der Waals surface area contributed by atoms with Crippen LogP contribution in [-0.4, -0.2) is 26.3 Å². The van der Waals surface area contributed by atoms with Gasteiger partial charge in [0, 0.05) is 24.0 Å². The standard InChI is InChI=1S/C15H11F3N2O3S/c1-5-10-13(21)19-9(20-14(10)24-12(5)15(22)23)3-6-2-7(16)4-8(17)11(6)18/h2,4-5,12H,3H2,1H3,(H,22,23)(H,19,20,21). The van der Waals surface area contributed by atoms with Crippen LogP contribution in [0.15, 0.2) is 22.0 Å². The summed E-state index contributed by atoms with van der Waals surface area (Å²) in [5.74, 6) is -5.08. The summed E-state index contributed by atoms with van der Waals surface area (Å²) in [6.45, 7) is 1.61. The van der Waals surface area contributed by atoms with Crippen molar-refractivity contribution in [1.29, 1.82) is 0 Å². The van der Waals surface area contributed by atoms with Gasteiger partial charge in [0.05, 0.1) is 5.56 Å². The summed E-state index contributed by atoms with van der Waals surface area (Å²) in [5.41, 5.74) is -0.570. The molecule has 0 saturated carbocycles. The predicted molar refractivity (Wildman–Crippen MR) is 79.7 cm³/mol. The molecule has 2 aromatic rings. The molecule has 5 nitrogen and oxygen atoms in total. The molecule has 2 atom stereocenters. The molecule has 0 saturated heterocycles. The first-order chi connectivity index (χ1) is 11.3. The SMILES string of the molecule is CC1c2c(nc(Cc3cc(F)cc(F)c3F)[nH]c2=O)SC1C(=O)O. The highest BCUT2D eigenvalue weighted by Gasteiger charge is 2.38. The molecule has 1 aliphatic heterocycles. The Labute approximate surface area is 137 Å². The average molecular weight is 356 g/mol. The zero-order chi connectivity index (χ0) is 17.6. The minimum Gasteiger partial charge on any atom is -0.480 e. The van der Waals surface area contributed by atoms with E-state index in [9.17, 15) is 22.8 Å². The smallest absolute Gasteiger partial charge is 0.317 e. The van der Waals surface area contributed by atoms with Crippen molar-refractivity contribution >= 4 is 17.7 Å². The lowest BCUT2D eigenvalue weighted by Crippen LogP contribution is -2.23. The topological polar surface area (TPSA) is 83.0 Å². The van der Waals surface area contributed by atoms with Gasteiger partial charge >= 0.3 is 5.97 Å². The van der Waals surface area contributed by atoms with Gasteiger partial charge < -0.3 is 10.1 Å². The minimum absolute atomic E-state index is 0.00777. The Kier molecular flexibility index (Phi) is 4.12. The van der Waals surface area contributed by atoms with E-state index in [0.717, 1.165) is 17.8 Å². The van der Waals surface area contributed by atoms with Crippen molar-refractivity contribution in [2.24, 2.45) is 0 Å². The summed E-state index contributed by atoms with van der Waals surface area (Å²) < 4.78 is 40.2. The van der Waals surface area contributed by atoms with Crippen LogP contribution >= 0.6 is 11.8 Å². The maximum Gasteiger partial charge on any atom is 0.317 e. The van der Waals surface area contributed by atoms with E-state index < -0.39 is 40.1 Å². The van der Waals surface area contributed by atoms with Crippen molar-refractivity contribution < 1.29 is 23.1 Å². The Morgan fingerprint density at radius 1 is 1.38 bits per heavy atom. The summed E-state index contributed by atoms with van der Waals surface area (Å²) in [6, 6.07) is 1.24. The van der Waals surface area contributed by atoms with Crippen molar-refractivity contribution in [3.05, 3.63) is 56.9 Å². The van der Waals surface area contributed by atoms with E-state index in [2.05, 4.69) is 9.97 Å². The molecular weight excluding hydrogens is 345 g/mol. The highest BCUT2D eigenvalue weighted by molar-refractivity contribution is 8.00. The van der Waals surface area contributed by atoms with E-state index in [1.165, 1.54) is 0 Å². The van der Waals surface area contributed by atoms with Crippen LogP contribution in [0.1, 0.15) is 29.8 Å². The number of aromatic amines is 1. The molecule has 0 amide bonds. The van der Waals surface area contributed by atoms with Crippen LogP contribution in [0.5, 0.6) is 0 Å². The Morgan fingerprint density at radius 3 is 2.75 bits per heavy atom. The Hall–Kier alpha value is -2.29. The quantitative estimate of drug-likeness (QED) is 0.652. The number of aliphatic carboxylic acids is 1. The number of hydrogen-bond acceptors (Lipinski definition) is 4. The fourth-order valence-corrected chi connectivity index (χ4v) is 3.89. The third-order valence-electron chi connectivity index (χ3n) is 3.79. The number of carboxylic acids is 1. The second kappa shape index (κ2) is 5.97. The molecule has 9 heteroatoms. The molecule has 0 aliphatic carbocycles. The number of rotatable bonds is 3. The average Bonchev–Trinajstić information content (AvgIpc) is 2.82. The van der Waals surface area contributed by atoms with Crippen LogP contribution in [0.2, 0.25) is 0 Å². The van der Waals surface area contributed by atoms with Gasteiger partial charge in [-0.3, -0.25) is 9.59 Å². The van der Waals surface area contributed by atoms with Gasteiger partial charge in [-0.05, 0) is 6.07 Å². The molecule has 2 unspecified atom stereocenters. The normalized spacial score (nSPS) is 19.3. The van der Waals surface area contributed by atoms with Gasteiger partial charge in [-0.15, -0.1) is 0 Å². The number of thioether (sulfide) groups is 1. The number of fused-ring (bicyclic) bond motifs is 1. The third-order valence-corrected chi connectivity index (χ3v) is 5.19. The van der Waals surface area contributed by atoms with Gasteiger partial charge in [-0.1, -0.05) is 18.7 Å². The lowest BCUT2D eigenvalue weighted by atomic mass is 10.0. The van der Waals surface area contributed by atoms with Gasteiger partial charge in [0.25, 0.3) is 5.56 Å². The minimum atomic E-state index is -1.33. The maximum atomic E-state index is 13.7. The van der Waals surface area contributed by atoms with E-state index in [1.807, 2.05) is 0 Å². The van der Waals surface area contributed by atoms with E-state index in [-0.39, 0.29) is 28.4 Å². The Morgan fingerprint density at radius 2 is 2.08 bits per heavy atom. The Bertz CT molecular complexity index is 900. The summed E-state index contributed by atoms with van der Waals surface area (Å²) in [6.07, 6.45) is -0.324. The van der Waals surface area contributed by atoms with Gasteiger partial charge in [-0.2, -0.15) is 0 Å². The molecule has 2 N–H and O–H groups in total. The second-order valence-electron chi connectivity index (χ2n) is 5.43. The molecular formula is C15H11F3N2O3S. The van der Waals surface area contributed by atoms with Crippen molar-refractivity contribution in [2.45, 2.75) is 29.5 Å². The molecule has 0 spiro atoms. The number of nitrogens with zero attached hydrogens (tertiary/aromatic N) is 1. The number of carboxylic acid groups (broad SMARTS) is 1. The molecule has 24 heavy (non-hydrogen) atoms. The zero-order valence-electron chi connectivity index (χ0n) is 12.3. The molecule has 0 bridgehead atoms. The third kappa shape index (κ3) is 2.79. The number of benzene rings is 1. The second-order valence-corrected chi connectivity index (χ2v) is 6.56. The maximum absolute atomic E-state index is 13.7. The molecule has 1 aliphatic rings. The van der Waals surface area contributed by atoms with E-state index >= 15 is 0 Å². The molecule has 0 radical (unpaired) electrons. The highest BCUT2D eigenvalue weighted by Crippen LogP contribution is 2.42. The number of halogens is 3. The monoisotopic (exact) mass is 356 g/mol. The molecule has 3 rings (SSSR count). The van der Waals surface area contributed by atoms with Crippen LogP contribution < -0.4 is 5.56 Å². The van der Waals surface area contributed by atoms with Crippen molar-refractivity contribution in [1.82, 2.24) is 9.97 Å². The first-order valence-electron chi connectivity index (χ1n) is 6.94. The lowest BCUT2D eigenvalue weighted by molar-refractivity contribution is -0.136. The number of hydrogen-bond donors (Lipinski definition) is 2. The number of aromatic nitrogens is 2. The van der Waals surface area contributed by atoms with E-state index in [0.29, 0.717) is 6.07 Å². The molecule has 0 fully saturated rings. The van der Waals surface area contributed by atoms with Crippen LogP contribution in [0.4, 0.5) is 13.2 Å². The summed E-state index contributed by atoms with van der Waals surface area (Å²) in [7, 11) is 0. The first-order valence-corrected chi connectivity index (χ1v) is 7.82. The summed E-state index contributed by atoms with van der Waals surface area (Å²) in [4.78, 5) is 29.9. The predicted octanol–water partition coefficient (Wildman–Crippen LogP) is 2.44. The van der Waals surface area contributed by atoms with Crippen LogP contribution in [0, 0.1) is 17.5 Å². The summed E-state index contributed by atoms with van der Waals surface area (Å²) in [5, 5.41) is 8.56. The largest absolute Gasteiger partial charge is 0.480 e. The Balaban J connectivity index is 1.99. The van der Waals surface area contributed by atoms with E-state index in [1.54, 1.807) is 6.92 Å². The number of H-pyrrole nitrogens is 1. The molecule has 2 heterocycles. The first kappa shape index (κ1) is 16.6. The van der Waals surface area contributed by atoms with Crippen LogP contribution in [-0.2, 0) is 11.2 Å². The van der Waals surface area contributed by atoms with Crippen LogP contribution in [0.3, 0.4) is 0 Å². The number of carbonyl (C=O) groups is 1.